The van der Waals surface area contributed by atoms with Crippen LogP contribution in [0.2, 0.25) is 0 Å². The number of hydrogen-bond donors (Lipinski definition) is 0. The SMILES string of the molecule is C=CC(=O)OCCOCCOCCOC(=O)c1ccc(C(=O)Oc2ccc3c(c2)C(C)(C)c2cc(OC(C)=O)ccc2-3)cc1. The Balaban J connectivity index is 1.24. The normalized spacial score (nSPS) is 12.4. The van der Waals surface area contributed by atoms with Crippen LogP contribution in [-0.4, -0.2) is 63.5 Å². The molecule has 10 nitrogen and oxygen atoms in total. The standard InChI is InChI=1S/C34H34O10/c1-5-31(36)41-18-16-39-14-15-40-17-19-42-32(37)23-6-8-24(9-7-23)33(38)44-26-11-13-28-27-12-10-25(43-22(2)35)20-29(27)34(3,4)30(28)21-26/h5-13,20-21H,1,14-19H2,2-4H3. The summed E-state index contributed by atoms with van der Waals surface area (Å²) < 4.78 is 31.5. The Morgan fingerprint density at radius 2 is 1.14 bits per heavy atom. The average Bonchev–Trinajstić information content (AvgIpc) is 3.22. The third kappa shape index (κ3) is 7.97. The van der Waals surface area contributed by atoms with Crippen LogP contribution in [0.3, 0.4) is 0 Å². The first-order valence-corrected chi connectivity index (χ1v) is 14.0. The molecule has 3 aromatic carbocycles. The summed E-state index contributed by atoms with van der Waals surface area (Å²) >= 11 is 0. The lowest BCUT2D eigenvalue weighted by Crippen LogP contribution is -2.16. The number of fused-ring (bicyclic) bond motifs is 3. The monoisotopic (exact) mass is 602 g/mol. The molecule has 0 saturated carbocycles. The Bertz CT molecular complexity index is 1540. The Morgan fingerprint density at radius 1 is 0.659 bits per heavy atom. The third-order valence-electron chi connectivity index (χ3n) is 6.92. The highest BCUT2D eigenvalue weighted by atomic mass is 16.6. The summed E-state index contributed by atoms with van der Waals surface area (Å²) in [5.74, 6) is -1.14. The fourth-order valence-corrected chi connectivity index (χ4v) is 4.76. The second-order valence-corrected chi connectivity index (χ2v) is 10.3. The highest BCUT2D eigenvalue weighted by molar-refractivity contribution is 5.94. The largest absolute Gasteiger partial charge is 0.460 e. The Kier molecular flexibility index (Phi) is 10.6. The number of carbonyl (C=O) groups is 4. The van der Waals surface area contributed by atoms with Gasteiger partial charge in [-0.15, -0.1) is 0 Å². The molecule has 0 amide bonds. The van der Waals surface area contributed by atoms with Gasteiger partial charge in [0.15, 0.2) is 0 Å². The number of hydrogen-bond acceptors (Lipinski definition) is 10. The van der Waals surface area contributed by atoms with E-state index >= 15 is 0 Å². The van der Waals surface area contributed by atoms with Crippen molar-refractivity contribution in [2.75, 3.05) is 39.6 Å². The van der Waals surface area contributed by atoms with Crippen molar-refractivity contribution in [1.82, 2.24) is 0 Å². The molecule has 0 aromatic heterocycles. The van der Waals surface area contributed by atoms with Gasteiger partial charge in [0.2, 0.25) is 0 Å². The number of esters is 4. The lowest BCUT2D eigenvalue weighted by atomic mass is 9.82. The van der Waals surface area contributed by atoms with Crippen LogP contribution in [0.25, 0.3) is 11.1 Å². The summed E-state index contributed by atoms with van der Waals surface area (Å²) in [5, 5.41) is 0. The molecule has 3 aromatic rings. The molecule has 0 radical (unpaired) electrons. The van der Waals surface area contributed by atoms with Gasteiger partial charge in [-0.05, 0) is 70.8 Å². The molecule has 4 rings (SSSR count). The Labute approximate surface area is 255 Å². The van der Waals surface area contributed by atoms with Gasteiger partial charge in [-0.25, -0.2) is 14.4 Å². The van der Waals surface area contributed by atoms with E-state index in [1.165, 1.54) is 31.2 Å². The molecule has 1 aliphatic carbocycles. The molecule has 0 unspecified atom stereocenters. The van der Waals surface area contributed by atoms with Crippen LogP contribution in [0.5, 0.6) is 11.5 Å². The zero-order valence-corrected chi connectivity index (χ0v) is 24.9. The molecular weight excluding hydrogens is 568 g/mol. The molecule has 0 saturated heterocycles. The predicted octanol–water partition coefficient (Wildman–Crippen LogP) is 5.06. The highest BCUT2D eigenvalue weighted by Crippen LogP contribution is 2.50. The molecule has 0 heterocycles. The van der Waals surface area contributed by atoms with E-state index in [9.17, 15) is 19.2 Å². The van der Waals surface area contributed by atoms with Crippen LogP contribution in [0.15, 0.2) is 73.3 Å². The van der Waals surface area contributed by atoms with Crippen molar-refractivity contribution in [3.8, 4) is 22.6 Å². The van der Waals surface area contributed by atoms with E-state index in [2.05, 4.69) is 20.4 Å². The van der Waals surface area contributed by atoms with E-state index in [4.69, 9.17) is 28.4 Å². The zero-order chi connectivity index (χ0) is 31.7. The maximum Gasteiger partial charge on any atom is 0.343 e. The first-order valence-electron chi connectivity index (χ1n) is 14.0. The van der Waals surface area contributed by atoms with Crippen LogP contribution in [-0.2, 0) is 34.0 Å². The summed E-state index contributed by atoms with van der Waals surface area (Å²) in [5.41, 5.74) is 4.19. The van der Waals surface area contributed by atoms with Crippen LogP contribution < -0.4 is 9.47 Å². The molecule has 0 fully saturated rings. The lowest BCUT2D eigenvalue weighted by molar-refractivity contribution is -0.139. The first-order chi connectivity index (χ1) is 21.1. The minimum atomic E-state index is -0.565. The minimum absolute atomic E-state index is 0.0448. The van der Waals surface area contributed by atoms with Gasteiger partial charge in [0.25, 0.3) is 0 Å². The summed E-state index contributed by atoms with van der Waals surface area (Å²) in [6, 6.07) is 17.1. The van der Waals surface area contributed by atoms with Crippen molar-refractivity contribution < 1.29 is 47.6 Å². The van der Waals surface area contributed by atoms with Crippen molar-refractivity contribution in [2.24, 2.45) is 0 Å². The molecule has 0 bridgehead atoms. The summed E-state index contributed by atoms with van der Waals surface area (Å²) in [4.78, 5) is 47.6. The number of ether oxygens (including phenoxy) is 6. The molecule has 0 spiro atoms. The van der Waals surface area contributed by atoms with Crippen LogP contribution in [0.1, 0.15) is 52.6 Å². The van der Waals surface area contributed by atoms with E-state index in [1.54, 1.807) is 12.1 Å². The van der Waals surface area contributed by atoms with Crippen molar-refractivity contribution in [2.45, 2.75) is 26.2 Å². The molecule has 10 heteroatoms. The maximum absolute atomic E-state index is 12.9. The van der Waals surface area contributed by atoms with Gasteiger partial charge in [-0.3, -0.25) is 4.79 Å². The lowest BCUT2D eigenvalue weighted by Gasteiger charge is -2.22. The van der Waals surface area contributed by atoms with Crippen molar-refractivity contribution in [3.05, 3.63) is 95.6 Å². The van der Waals surface area contributed by atoms with E-state index in [1.807, 2.05) is 24.3 Å². The van der Waals surface area contributed by atoms with Crippen molar-refractivity contribution >= 4 is 23.9 Å². The Morgan fingerprint density at radius 3 is 1.66 bits per heavy atom. The van der Waals surface area contributed by atoms with Gasteiger partial charge < -0.3 is 28.4 Å². The van der Waals surface area contributed by atoms with E-state index < -0.39 is 23.3 Å². The quantitative estimate of drug-likeness (QED) is 0.107. The summed E-state index contributed by atoms with van der Waals surface area (Å²) in [7, 11) is 0. The van der Waals surface area contributed by atoms with E-state index in [0.717, 1.165) is 28.3 Å². The first kappa shape index (κ1) is 32.1. The fraction of sp³-hybridized carbons (Fsp3) is 0.294. The van der Waals surface area contributed by atoms with E-state index in [0.29, 0.717) is 18.1 Å². The smallest absolute Gasteiger partial charge is 0.343 e. The van der Waals surface area contributed by atoms with E-state index in [-0.39, 0.29) is 50.1 Å². The number of rotatable bonds is 14. The highest BCUT2D eigenvalue weighted by Gasteiger charge is 2.36. The maximum atomic E-state index is 12.9. The van der Waals surface area contributed by atoms with Gasteiger partial charge >= 0.3 is 23.9 Å². The fourth-order valence-electron chi connectivity index (χ4n) is 4.76. The molecule has 44 heavy (non-hydrogen) atoms. The van der Waals surface area contributed by atoms with Crippen molar-refractivity contribution in [3.63, 3.8) is 0 Å². The minimum Gasteiger partial charge on any atom is -0.460 e. The second kappa shape index (κ2) is 14.6. The predicted molar refractivity (Wildman–Crippen MR) is 160 cm³/mol. The number of benzene rings is 3. The van der Waals surface area contributed by atoms with Crippen molar-refractivity contribution in [1.29, 1.82) is 0 Å². The van der Waals surface area contributed by atoms with Gasteiger partial charge in [-0.1, -0.05) is 32.6 Å². The zero-order valence-electron chi connectivity index (χ0n) is 24.9. The van der Waals surface area contributed by atoms with Gasteiger partial charge in [0.05, 0.1) is 37.6 Å². The van der Waals surface area contributed by atoms with Crippen LogP contribution >= 0.6 is 0 Å². The molecule has 0 aliphatic heterocycles. The van der Waals surface area contributed by atoms with Gasteiger partial charge in [0, 0.05) is 18.4 Å². The topological polar surface area (TPSA) is 124 Å². The third-order valence-corrected chi connectivity index (χ3v) is 6.92. The molecule has 1 aliphatic rings. The van der Waals surface area contributed by atoms with Gasteiger partial charge in [-0.2, -0.15) is 0 Å². The molecule has 230 valence electrons. The summed E-state index contributed by atoms with van der Waals surface area (Å²) in [6.07, 6.45) is 1.08. The average molecular weight is 603 g/mol. The number of carbonyl (C=O) groups excluding carboxylic acids is 4. The van der Waals surface area contributed by atoms with Gasteiger partial charge in [0.1, 0.15) is 24.7 Å². The molecular formula is C34H34O10. The Hall–Kier alpha value is -4.80. The van der Waals surface area contributed by atoms with Crippen LogP contribution in [0, 0.1) is 0 Å². The molecule has 0 atom stereocenters. The molecule has 0 N–H and O–H groups in total. The summed E-state index contributed by atoms with van der Waals surface area (Å²) in [6.45, 7) is 9.97. The van der Waals surface area contributed by atoms with Crippen LogP contribution in [0.4, 0.5) is 0 Å². The second-order valence-electron chi connectivity index (χ2n) is 10.3.